The number of benzene rings is 8. The van der Waals surface area contributed by atoms with Crippen LogP contribution in [0.5, 0.6) is 5.75 Å². The average molecular weight is 1060 g/mol. The number of nitrogens with zero attached hydrogens (tertiary/aromatic N) is 3. The van der Waals surface area contributed by atoms with Gasteiger partial charge in [-0.3, -0.25) is 9.55 Å². The Morgan fingerprint density at radius 3 is 1.65 bits per heavy atom. The summed E-state index contributed by atoms with van der Waals surface area (Å²) in [4.78, 5) is 10.7. The fourth-order valence-electron chi connectivity index (χ4n) is 9.64. The van der Waals surface area contributed by atoms with Gasteiger partial charge in [-0.05, 0) is 70.8 Å². The molecule has 68 heavy (non-hydrogen) atoms. The zero-order valence-electron chi connectivity index (χ0n) is 39.6. The summed E-state index contributed by atoms with van der Waals surface area (Å²) in [6, 6.07) is 70.1. The van der Waals surface area contributed by atoms with E-state index in [9.17, 15) is 5.11 Å². The molecule has 4 nitrogen and oxygen atoms in total. The van der Waals surface area contributed by atoms with Gasteiger partial charge in [-0.2, -0.15) is 0 Å². The van der Waals surface area contributed by atoms with E-state index in [1.807, 2.05) is 30.5 Å². The van der Waals surface area contributed by atoms with E-state index in [1.165, 1.54) is 16.7 Å². The van der Waals surface area contributed by atoms with E-state index < -0.39 is 0 Å². The Hall–Kier alpha value is -7.13. The molecule has 2 aromatic heterocycles. The van der Waals surface area contributed by atoms with Gasteiger partial charge in [0.25, 0.3) is 0 Å². The zero-order valence-corrected chi connectivity index (χ0v) is 41.9. The van der Waals surface area contributed by atoms with Gasteiger partial charge in [0.2, 0.25) is 0 Å². The third-order valence-corrected chi connectivity index (χ3v) is 13.2. The Morgan fingerprint density at radius 1 is 0.500 bits per heavy atom. The van der Waals surface area contributed by atoms with E-state index in [1.54, 1.807) is 0 Å². The molecule has 10 rings (SSSR count). The summed E-state index contributed by atoms with van der Waals surface area (Å²) in [5.41, 5.74) is 18.4. The number of phenols is 1. The van der Waals surface area contributed by atoms with Crippen molar-refractivity contribution in [3.8, 4) is 78.6 Å². The molecule has 0 bridgehead atoms. The predicted molar refractivity (Wildman–Crippen MR) is 279 cm³/mol. The normalized spacial score (nSPS) is 11.7. The van der Waals surface area contributed by atoms with Gasteiger partial charge in [-0.1, -0.05) is 215 Å². The van der Waals surface area contributed by atoms with Crippen LogP contribution in [0.25, 0.3) is 83.9 Å². The fraction of sp³-hybridized carbons (Fsp3) is 0.143. The minimum Gasteiger partial charge on any atom is -0.507 e. The minimum absolute atomic E-state index is 0. The van der Waals surface area contributed by atoms with E-state index in [0.717, 1.165) is 83.6 Å². The van der Waals surface area contributed by atoms with Crippen LogP contribution in [0.15, 0.2) is 194 Å². The van der Waals surface area contributed by atoms with Crippen molar-refractivity contribution < 1.29 is 26.2 Å². The number of imidazole rings is 1. The third kappa shape index (κ3) is 8.66. The standard InChI is InChI=1S/C63H54N3O.Pt/c1-41-34-42(2)36-49(35-41)63(6,7)50-38-47(37-48(39-50)56-40-46(32-33-64-56)43-20-11-8-12-21-43)51-26-19-31-57-58(51)65-61(54-29-18-30-55(60(54)67)62(3,4)5)66(57)59-52(44-22-13-9-14-23-44)27-17-28-53(59)45-24-15-10-16-25-45;/h8-36,38-40,67H,1-7H3;/q-1;. The van der Waals surface area contributed by atoms with Crippen LogP contribution < -0.4 is 0 Å². The number of aromatic hydroxyl groups is 1. The summed E-state index contributed by atoms with van der Waals surface area (Å²) in [6.07, 6.45) is 1.90. The second kappa shape index (κ2) is 18.5. The van der Waals surface area contributed by atoms with Crippen molar-refractivity contribution in [3.63, 3.8) is 0 Å². The first-order chi connectivity index (χ1) is 32.3. The number of rotatable bonds is 9. The molecule has 0 aliphatic carbocycles. The summed E-state index contributed by atoms with van der Waals surface area (Å²) in [5, 5.41) is 12.4. The molecule has 2 heterocycles. The number of fused-ring (bicyclic) bond motifs is 1. The SMILES string of the molecule is Cc1cc(C)cc(C(C)(C)c2cc(-c3cc(-c4ccccc4)ccn3)[c-]c(-c3cccc4c3nc(-c3cccc(C(C)(C)C)c3O)n4-c3c(-c4ccccc4)cccc3-c3ccccc3)c2)c1.[Pt]. The number of aromatic nitrogens is 3. The first kappa shape index (κ1) is 46.0. The summed E-state index contributed by atoms with van der Waals surface area (Å²) < 4.78 is 2.28. The maximum absolute atomic E-state index is 12.4. The Balaban J connectivity index is 0.00000578. The molecule has 338 valence electrons. The molecule has 0 aliphatic rings. The Labute approximate surface area is 415 Å². The summed E-state index contributed by atoms with van der Waals surface area (Å²) in [5.74, 6) is 0.873. The van der Waals surface area contributed by atoms with Gasteiger partial charge in [0.05, 0.1) is 22.3 Å². The monoisotopic (exact) mass is 1060 g/mol. The first-order valence-electron chi connectivity index (χ1n) is 23.1. The second-order valence-corrected chi connectivity index (χ2v) is 19.3. The van der Waals surface area contributed by atoms with Crippen LogP contribution in [0.3, 0.4) is 0 Å². The summed E-state index contributed by atoms with van der Waals surface area (Å²) in [6.45, 7) is 15.4. The van der Waals surface area contributed by atoms with Crippen LogP contribution in [0.1, 0.15) is 62.4 Å². The molecule has 0 saturated heterocycles. The molecular weight excluding hydrogens is 1010 g/mol. The number of hydrogen-bond acceptors (Lipinski definition) is 3. The molecule has 10 aromatic rings. The van der Waals surface area contributed by atoms with Crippen LogP contribution in [-0.4, -0.2) is 19.6 Å². The average Bonchev–Trinajstić information content (AvgIpc) is 3.73. The van der Waals surface area contributed by atoms with Gasteiger partial charge < -0.3 is 5.11 Å². The van der Waals surface area contributed by atoms with Crippen LogP contribution in [0, 0.1) is 19.9 Å². The maximum atomic E-state index is 12.4. The van der Waals surface area contributed by atoms with Crippen molar-refractivity contribution in [2.24, 2.45) is 0 Å². The Bertz CT molecular complexity index is 3360. The van der Waals surface area contributed by atoms with Gasteiger partial charge in [0, 0.05) is 49.5 Å². The maximum Gasteiger partial charge on any atom is 0.148 e. The third-order valence-electron chi connectivity index (χ3n) is 13.2. The van der Waals surface area contributed by atoms with Crippen molar-refractivity contribution in [1.82, 2.24) is 14.5 Å². The fourth-order valence-corrected chi connectivity index (χ4v) is 9.64. The molecule has 0 unspecified atom stereocenters. The van der Waals surface area contributed by atoms with Crippen molar-refractivity contribution in [2.45, 2.75) is 59.3 Å². The number of para-hydroxylation sites is 3. The zero-order chi connectivity index (χ0) is 46.5. The minimum atomic E-state index is -0.386. The van der Waals surface area contributed by atoms with Gasteiger partial charge >= 0.3 is 0 Å². The van der Waals surface area contributed by atoms with E-state index in [-0.39, 0.29) is 37.6 Å². The molecule has 0 atom stereocenters. The second-order valence-electron chi connectivity index (χ2n) is 19.3. The van der Waals surface area contributed by atoms with E-state index >= 15 is 0 Å². The van der Waals surface area contributed by atoms with Gasteiger partial charge in [0.15, 0.2) is 0 Å². The molecule has 1 N–H and O–H groups in total. The quantitative estimate of drug-likeness (QED) is 0.147. The van der Waals surface area contributed by atoms with Crippen molar-refractivity contribution in [2.75, 3.05) is 0 Å². The van der Waals surface area contributed by atoms with E-state index in [0.29, 0.717) is 11.4 Å². The Morgan fingerprint density at radius 2 is 1.03 bits per heavy atom. The molecule has 0 amide bonds. The Kier molecular flexibility index (Phi) is 12.5. The molecular formula is C63H54N3OPt-. The summed E-state index contributed by atoms with van der Waals surface area (Å²) >= 11 is 0. The van der Waals surface area contributed by atoms with Crippen molar-refractivity contribution in [1.29, 1.82) is 0 Å². The van der Waals surface area contributed by atoms with E-state index in [2.05, 4.69) is 223 Å². The van der Waals surface area contributed by atoms with Gasteiger partial charge in [-0.15, -0.1) is 29.3 Å². The van der Waals surface area contributed by atoms with Crippen LogP contribution in [-0.2, 0) is 31.9 Å². The molecule has 0 saturated carbocycles. The van der Waals surface area contributed by atoms with Crippen molar-refractivity contribution >= 4 is 11.0 Å². The van der Waals surface area contributed by atoms with Crippen LogP contribution >= 0.6 is 0 Å². The van der Waals surface area contributed by atoms with E-state index in [4.69, 9.17) is 9.97 Å². The number of aryl methyl sites for hydroxylation is 2. The molecule has 0 aliphatic heterocycles. The van der Waals surface area contributed by atoms with Crippen molar-refractivity contribution in [3.05, 3.63) is 228 Å². The number of hydrogen-bond donors (Lipinski definition) is 1. The van der Waals surface area contributed by atoms with Gasteiger partial charge in [-0.25, -0.2) is 4.98 Å². The molecule has 0 fully saturated rings. The molecule has 8 aromatic carbocycles. The first-order valence-corrected chi connectivity index (χ1v) is 23.1. The van der Waals surface area contributed by atoms with Crippen LogP contribution in [0.2, 0.25) is 0 Å². The van der Waals surface area contributed by atoms with Gasteiger partial charge in [0.1, 0.15) is 11.6 Å². The smallest absolute Gasteiger partial charge is 0.148 e. The molecule has 0 radical (unpaired) electrons. The summed E-state index contributed by atoms with van der Waals surface area (Å²) in [7, 11) is 0. The number of pyridine rings is 1. The van der Waals surface area contributed by atoms with Crippen LogP contribution in [0.4, 0.5) is 0 Å². The predicted octanol–water partition coefficient (Wildman–Crippen LogP) is 16.2. The largest absolute Gasteiger partial charge is 0.507 e. The number of phenolic OH excluding ortho intramolecular Hbond substituents is 1. The molecule has 0 spiro atoms. The molecule has 5 heteroatoms. The topological polar surface area (TPSA) is 50.9 Å².